The van der Waals surface area contributed by atoms with Crippen molar-refractivity contribution < 1.29 is 9.90 Å². The van der Waals surface area contributed by atoms with Crippen molar-refractivity contribution in [3.8, 4) is 0 Å². The monoisotopic (exact) mass is 328 g/mol. The summed E-state index contributed by atoms with van der Waals surface area (Å²) in [6.07, 6.45) is 6.84. The maximum Gasteiger partial charge on any atom is 0.230 e. The van der Waals surface area contributed by atoms with Crippen LogP contribution < -0.4 is 5.32 Å². The molecule has 2 N–H and O–H groups in total. The number of rotatable bonds is 8. The van der Waals surface area contributed by atoms with Crippen LogP contribution in [0.25, 0.3) is 0 Å². The Labute approximate surface area is 134 Å². The number of thioether (sulfide) groups is 1. The van der Waals surface area contributed by atoms with Gasteiger partial charge in [-0.2, -0.15) is 0 Å². The minimum absolute atomic E-state index is 0.0826. The van der Waals surface area contributed by atoms with Gasteiger partial charge in [-0.25, -0.2) is 4.98 Å². The van der Waals surface area contributed by atoms with E-state index in [4.69, 9.17) is 0 Å². The third-order valence-corrected chi connectivity index (χ3v) is 5.57. The average Bonchev–Trinajstić information content (AvgIpc) is 3.01. The van der Waals surface area contributed by atoms with E-state index in [1.165, 1.54) is 32.1 Å². The predicted molar refractivity (Wildman–Crippen MR) is 88.5 cm³/mol. The second kappa shape index (κ2) is 9.43. The lowest BCUT2D eigenvalue weighted by Crippen LogP contribution is -2.42. The molecular weight excluding hydrogens is 304 g/mol. The number of hydrogen-bond acceptors (Lipinski definition) is 5. The Bertz CT molecular complexity index is 406. The number of nitrogens with one attached hydrogen (secondary N) is 1. The first-order chi connectivity index (χ1) is 10.3. The van der Waals surface area contributed by atoms with Crippen LogP contribution in [0.5, 0.6) is 0 Å². The first-order valence-electron chi connectivity index (χ1n) is 7.64. The predicted octanol–water partition coefficient (Wildman–Crippen LogP) is 2.82. The van der Waals surface area contributed by atoms with Crippen LogP contribution in [0.2, 0.25) is 0 Å². The van der Waals surface area contributed by atoms with Crippen LogP contribution in [0, 0.1) is 5.92 Å². The molecule has 0 aromatic carbocycles. The van der Waals surface area contributed by atoms with Gasteiger partial charge in [0.2, 0.25) is 5.91 Å². The van der Waals surface area contributed by atoms with Gasteiger partial charge in [-0.1, -0.05) is 19.3 Å². The number of aromatic nitrogens is 1. The van der Waals surface area contributed by atoms with Gasteiger partial charge in [-0.15, -0.1) is 23.1 Å². The number of amides is 1. The van der Waals surface area contributed by atoms with E-state index in [0.29, 0.717) is 18.1 Å². The fourth-order valence-electron chi connectivity index (χ4n) is 2.91. The second-order valence-electron chi connectivity index (χ2n) is 5.56. The van der Waals surface area contributed by atoms with Crippen molar-refractivity contribution in [2.45, 2.75) is 50.3 Å². The van der Waals surface area contributed by atoms with Gasteiger partial charge < -0.3 is 10.4 Å². The van der Waals surface area contributed by atoms with E-state index in [0.717, 1.165) is 11.4 Å². The molecule has 1 unspecified atom stereocenters. The minimum Gasteiger partial charge on any atom is -0.396 e. The summed E-state index contributed by atoms with van der Waals surface area (Å²) in [7, 11) is 0. The van der Waals surface area contributed by atoms with Crippen LogP contribution >= 0.6 is 23.1 Å². The SMILES string of the molecule is O=C(CSCc1cscn1)NC(CCO)C1CCCCC1. The zero-order valence-electron chi connectivity index (χ0n) is 12.3. The number of hydrogen-bond donors (Lipinski definition) is 2. The molecule has 1 saturated carbocycles. The number of nitrogens with zero attached hydrogens (tertiary/aromatic N) is 1. The molecule has 118 valence electrons. The van der Waals surface area contributed by atoms with E-state index in [-0.39, 0.29) is 18.6 Å². The van der Waals surface area contributed by atoms with Crippen molar-refractivity contribution in [3.63, 3.8) is 0 Å². The Morgan fingerprint density at radius 2 is 2.29 bits per heavy atom. The zero-order valence-corrected chi connectivity index (χ0v) is 13.9. The van der Waals surface area contributed by atoms with Crippen LogP contribution in [0.15, 0.2) is 10.9 Å². The summed E-state index contributed by atoms with van der Waals surface area (Å²) in [5.41, 5.74) is 2.85. The molecule has 4 nitrogen and oxygen atoms in total. The number of aliphatic hydroxyl groups excluding tert-OH is 1. The van der Waals surface area contributed by atoms with Gasteiger partial charge in [0, 0.05) is 23.8 Å². The number of aliphatic hydroxyl groups is 1. The summed E-state index contributed by atoms with van der Waals surface area (Å²) in [6.45, 7) is 0.146. The normalized spacial score (nSPS) is 17.6. The van der Waals surface area contributed by atoms with E-state index in [2.05, 4.69) is 10.3 Å². The molecule has 1 amide bonds. The van der Waals surface area contributed by atoms with Crippen LogP contribution in [-0.2, 0) is 10.5 Å². The van der Waals surface area contributed by atoms with Gasteiger partial charge in [0.25, 0.3) is 0 Å². The smallest absolute Gasteiger partial charge is 0.230 e. The van der Waals surface area contributed by atoms with E-state index >= 15 is 0 Å². The van der Waals surface area contributed by atoms with Crippen molar-refractivity contribution in [2.24, 2.45) is 5.92 Å². The van der Waals surface area contributed by atoms with E-state index in [1.807, 2.05) is 10.9 Å². The van der Waals surface area contributed by atoms with Crippen molar-refractivity contribution in [3.05, 3.63) is 16.6 Å². The summed E-state index contributed by atoms with van der Waals surface area (Å²) in [5.74, 6) is 1.87. The Morgan fingerprint density at radius 3 is 2.95 bits per heavy atom. The molecule has 1 aliphatic carbocycles. The fourth-order valence-corrected chi connectivity index (χ4v) is 4.31. The zero-order chi connectivity index (χ0) is 14.9. The molecular formula is C15H24N2O2S2. The molecule has 1 fully saturated rings. The van der Waals surface area contributed by atoms with Gasteiger partial charge in [0.05, 0.1) is 17.0 Å². The second-order valence-corrected chi connectivity index (χ2v) is 7.26. The molecule has 0 aliphatic heterocycles. The van der Waals surface area contributed by atoms with Crippen LogP contribution in [0.4, 0.5) is 0 Å². The fraction of sp³-hybridized carbons (Fsp3) is 0.733. The van der Waals surface area contributed by atoms with Crippen LogP contribution in [0.1, 0.15) is 44.2 Å². The number of carbonyl (C=O) groups excluding carboxylic acids is 1. The van der Waals surface area contributed by atoms with Gasteiger partial charge in [-0.3, -0.25) is 4.79 Å². The van der Waals surface area contributed by atoms with Gasteiger partial charge in [-0.05, 0) is 25.2 Å². The van der Waals surface area contributed by atoms with E-state index in [1.54, 1.807) is 23.1 Å². The van der Waals surface area contributed by atoms with Crippen LogP contribution in [0.3, 0.4) is 0 Å². The largest absolute Gasteiger partial charge is 0.396 e. The molecule has 1 aromatic heterocycles. The van der Waals surface area contributed by atoms with Crippen LogP contribution in [-0.4, -0.2) is 34.4 Å². The molecule has 1 aromatic rings. The first kappa shape index (κ1) is 16.8. The van der Waals surface area contributed by atoms with Crippen molar-refractivity contribution >= 4 is 29.0 Å². The molecule has 0 spiro atoms. The molecule has 2 rings (SSSR count). The molecule has 6 heteroatoms. The Kier molecular flexibility index (Phi) is 7.53. The lowest BCUT2D eigenvalue weighted by molar-refractivity contribution is -0.119. The summed E-state index contributed by atoms with van der Waals surface area (Å²) in [5, 5.41) is 14.4. The number of carbonyl (C=O) groups is 1. The lowest BCUT2D eigenvalue weighted by atomic mass is 9.83. The van der Waals surface area contributed by atoms with Gasteiger partial charge in [0.1, 0.15) is 0 Å². The van der Waals surface area contributed by atoms with Crippen molar-refractivity contribution in [1.82, 2.24) is 10.3 Å². The summed E-state index contributed by atoms with van der Waals surface area (Å²) in [6, 6.07) is 0.141. The first-order valence-corrected chi connectivity index (χ1v) is 9.74. The van der Waals surface area contributed by atoms with Gasteiger partial charge >= 0.3 is 0 Å². The molecule has 1 atom stereocenters. The summed E-state index contributed by atoms with van der Waals surface area (Å²) in [4.78, 5) is 16.3. The summed E-state index contributed by atoms with van der Waals surface area (Å²) >= 11 is 3.18. The topological polar surface area (TPSA) is 62.2 Å². The highest BCUT2D eigenvalue weighted by Gasteiger charge is 2.24. The van der Waals surface area contributed by atoms with Gasteiger partial charge in [0.15, 0.2) is 0 Å². The average molecular weight is 329 g/mol. The molecule has 21 heavy (non-hydrogen) atoms. The maximum atomic E-state index is 12.1. The van der Waals surface area contributed by atoms with Crippen molar-refractivity contribution in [1.29, 1.82) is 0 Å². The third kappa shape index (κ3) is 5.96. The highest BCUT2D eigenvalue weighted by atomic mass is 32.2. The summed E-state index contributed by atoms with van der Waals surface area (Å²) < 4.78 is 0. The van der Waals surface area contributed by atoms with E-state index < -0.39 is 0 Å². The minimum atomic E-state index is 0.0826. The Balaban J connectivity index is 1.72. The quantitative estimate of drug-likeness (QED) is 0.770. The molecule has 1 heterocycles. The number of thiazole rings is 1. The van der Waals surface area contributed by atoms with Crippen molar-refractivity contribution in [2.75, 3.05) is 12.4 Å². The molecule has 0 bridgehead atoms. The highest BCUT2D eigenvalue weighted by Crippen LogP contribution is 2.27. The molecule has 0 saturated heterocycles. The molecule has 1 aliphatic rings. The standard InChI is InChI=1S/C15H24N2O2S2/c18-7-6-14(12-4-2-1-3-5-12)17-15(19)10-20-8-13-9-21-11-16-13/h9,11-12,14,18H,1-8,10H2,(H,17,19). The Morgan fingerprint density at radius 1 is 1.48 bits per heavy atom. The van der Waals surface area contributed by atoms with E-state index in [9.17, 15) is 9.90 Å². The third-order valence-electron chi connectivity index (χ3n) is 3.97. The molecule has 0 radical (unpaired) electrons. The highest BCUT2D eigenvalue weighted by molar-refractivity contribution is 7.99. The Hall–Kier alpha value is -0.590. The maximum absolute atomic E-state index is 12.1. The lowest BCUT2D eigenvalue weighted by Gasteiger charge is -2.30.